The number of nitrogens with two attached hydrogens (primary N) is 1. The van der Waals surface area contributed by atoms with Gasteiger partial charge in [-0.3, -0.25) is 4.79 Å². The second-order valence-corrected chi connectivity index (χ2v) is 5.09. The van der Waals surface area contributed by atoms with Gasteiger partial charge >= 0.3 is 0 Å². The predicted octanol–water partition coefficient (Wildman–Crippen LogP) is 3.20. The van der Waals surface area contributed by atoms with E-state index < -0.39 is 5.91 Å². The highest BCUT2D eigenvalue weighted by atomic mass is 79.9. The minimum atomic E-state index is -0.479. The third-order valence-corrected chi connectivity index (χ3v) is 3.39. The van der Waals surface area contributed by atoms with Gasteiger partial charge in [0.05, 0.1) is 22.3 Å². The van der Waals surface area contributed by atoms with E-state index >= 15 is 0 Å². The largest absolute Gasteiger partial charge is 0.384 e. The molecule has 1 aromatic carbocycles. The summed E-state index contributed by atoms with van der Waals surface area (Å²) >= 11 is 9.19. The first-order valence-corrected chi connectivity index (χ1v) is 6.61. The monoisotopic (exact) mass is 350 g/mol. The Bertz CT molecular complexity index is 727. The maximum absolute atomic E-state index is 12.1. The Morgan fingerprint density at radius 2 is 2.15 bits per heavy atom. The van der Waals surface area contributed by atoms with Crippen LogP contribution in [0.2, 0.25) is 5.02 Å². The summed E-state index contributed by atoms with van der Waals surface area (Å²) in [6.45, 7) is 0. The average molecular weight is 352 g/mol. The van der Waals surface area contributed by atoms with Crippen LogP contribution in [-0.2, 0) is 0 Å². The summed E-state index contributed by atoms with van der Waals surface area (Å²) in [6, 6.07) is 9.83. The fraction of sp³-hybridized carbons (Fsp3) is 0. The third kappa shape index (κ3) is 3.07. The van der Waals surface area contributed by atoms with Crippen molar-refractivity contribution in [3.05, 3.63) is 51.1 Å². The lowest BCUT2D eigenvalue weighted by Crippen LogP contribution is -2.15. The van der Waals surface area contributed by atoms with Crippen LogP contribution in [0.5, 0.6) is 0 Å². The molecule has 5 nitrogen and oxygen atoms in total. The van der Waals surface area contributed by atoms with E-state index in [4.69, 9.17) is 22.6 Å². The number of benzene rings is 1. The van der Waals surface area contributed by atoms with Gasteiger partial charge in [0.2, 0.25) is 0 Å². The lowest BCUT2D eigenvalue weighted by molar-refractivity contribution is 0.102. The SMILES string of the molecule is N#Cc1ccc(NC(=O)c2nc(N)ccc2Cl)c(Br)c1. The van der Waals surface area contributed by atoms with E-state index in [2.05, 4.69) is 26.2 Å². The molecule has 1 amide bonds. The van der Waals surface area contributed by atoms with Gasteiger partial charge in [-0.25, -0.2) is 4.98 Å². The molecule has 0 radical (unpaired) electrons. The summed E-state index contributed by atoms with van der Waals surface area (Å²) in [6.07, 6.45) is 0. The molecule has 7 heteroatoms. The second kappa shape index (κ2) is 5.90. The van der Waals surface area contributed by atoms with E-state index in [9.17, 15) is 4.79 Å². The number of amides is 1. The van der Waals surface area contributed by atoms with Gasteiger partial charge in [0, 0.05) is 4.47 Å². The zero-order valence-electron chi connectivity index (χ0n) is 10.0. The number of carbonyl (C=O) groups is 1. The number of halogens is 2. The van der Waals surface area contributed by atoms with Crippen molar-refractivity contribution in [2.45, 2.75) is 0 Å². The molecule has 0 saturated heterocycles. The molecule has 100 valence electrons. The predicted molar refractivity (Wildman–Crippen MR) is 80.5 cm³/mol. The fourth-order valence-electron chi connectivity index (χ4n) is 1.48. The number of pyridine rings is 1. The lowest BCUT2D eigenvalue weighted by atomic mass is 10.2. The lowest BCUT2D eigenvalue weighted by Gasteiger charge is -2.08. The number of rotatable bonds is 2. The van der Waals surface area contributed by atoms with Crippen LogP contribution in [0.3, 0.4) is 0 Å². The van der Waals surface area contributed by atoms with Crippen LogP contribution < -0.4 is 11.1 Å². The summed E-state index contributed by atoms with van der Waals surface area (Å²) in [5.41, 5.74) is 6.57. The number of hydrogen-bond donors (Lipinski definition) is 2. The summed E-state index contributed by atoms with van der Waals surface area (Å²) in [7, 11) is 0. The smallest absolute Gasteiger partial charge is 0.275 e. The highest BCUT2D eigenvalue weighted by molar-refractivity contribution is 9.10. The Kier molecular flexibility index (Phi) is 4.23. The Balaban J connectivity index is 2.28. The standard InChI is InChI=1S/C13H8BrClN4O/c14-8-5-7(6-16)1-3-10(8)18-13(20)12-9(15)2-4-11(17)19-12/h1-5H,(H2,17,19)(H,18,20). The first-order valence-electron chi connectivity index (χ1n) is 5.44. The van der Waals surface area contributed by atoms with E-state index in [1.165, 1.54) is 12.1 Å². The first-order chi connectivity index (χ1) is 9.51. The van der Waals surface area contributed by atoms with Crippen LogP contribution in [0.25, 0.3) is 0 Å². The van der Waals surface area contributed by atoms with Crippen LogP contribution in [0.4, 0.5) is 11.5 Å². The van der Waals surface area contributed by atoms with Gasteiger partial charge in [0.15, 0.2) is 0 Å². The van der Waals surface area contributed by atoms with Gasteiger partial charge in [0.25, 0.3) is 5.91 Å². The highest BCUT2D eigenvalue weighted by Gasteiger charge is 2.14. The van der Waals surface area contributed by atoms with Gasteiger partial charge in [-0.05, 0) is 46.3 Å². The van der Waals surface area contributed by atoms with Crippen molar-refractivity contribution < 1.29 is 4.79 Å². The summed E-state index contributed by atoms with van der Waals surface area (Å²) in [4.78, 5) is 16.0. The topological polar surface area (TPSA) is 91.8 Å². The van der Waals surface area contributed by atoms with E-state index in [0.29, 0.717) is 15.7 Å². The van der Waals surface area contributed by atoms with Gasteiger partial charge < -0.3 is 11.1 Å². The van der Waals surface area contributed by atoms with Crippen LogP contribution in [0, 0.1) is 11.3 Å². The van der Waals surface area contributed by atoms with Crippen molar-refractivity contribution in [1.82, 2.24) is 4.98 Å². The van der Waals surface area contributed by atoms with E-state index in [0.717, 1.165) is 0 Å². The quantitative estimate of drug-likeness (QED) is 0.869. The maximum Gasteiger partial charge on any atom is 0.275 e. The molecule has 0 aliphatic rings. The number of aromatic nitrogens is 1. The molecule has 2 aromatic rings. The number of carbonyl (C=O) groups excluding carboxylic acids is 1. The van der Waals surface area contributed by atoms with Gasteiger partial charge in [-0.1, -0.05) is 11.6 Å². The molecule has 0 aliphatic carbocycles. The molecule has 1 heterocycles. The number of nitriles is 1. The van der Waals surface area contributed by atoms with Crippen LogP contribution in [0.1, 0.15) is 16.1 Å². The summed E-state index contributed by atoms with van der Waals surface area (Å²) < 4.78 is 0.588. The normalized spacial score (nSPS) is 9.85. The molecule has 0 unspecified atom stereocenters. The molecule has 0 atom stereocenters. The number of hydrogen-bond acceptors (Lipinski definition) is 4. The van der Waals surface area contributed by atoms with Crippen molar-refractivity contribution in [3.63, 3.8) is 0 Å². The third-order valence-electron chi connectivity index (χ3n) is 2.43. The molecule has 0 spiro atoms. The Morgan fingerprint density at radius 3 is 2.80 bits per heavy atom. The molecule has 3 N–H and O–H groups in total. The van der Waals surface area contributed by atoms with Crippen molar-refractivity contribution in [1.29, 1.82) is 5.26 Å². The number of nitrogens with zero attached hydrogens (tertiary/aromatic N) is 2. The van der Waals surface area contributed by atoms with Crippen LogP contribution in [-0.4, -0.2) is 10.9 Å². The van der Waals surface area contributed by atoms with Gasteiger partial charge in [-0.2, -0.15) is 5.26 Å². The molecule has 20 heavy (non-hydrogen) atoms. The maximum atomic E-state index is 12.1. The van der Waals surface area contributed by atoms with Gasteiger partial charge in [0.1, 0.15) is 11.5 Å². The Labute approximate surface area is 128 Å². The van der Waals surface area contributed by atoms with E-state index in [1.54, 1.807) is 18.2 Å². The molecule has 0 saturated carbocycles. The molecule has 2 rings (SSSR count). The molecule has 0 fully saturated rings. The molecular weight excluding hydrogens is 344 g/mol. The zero-order valence-corrected chi connectivity index (χ0v) is 12.4. The fourth-order valence-corrected chi connectivity index (χ4v) is 2.15. The van der Waals surface area contributed by atoms with Crippen LogP contribution in [0.15, 0.2) is 34.8 Å². The van der Waals surface area contributed by atoms with Crippen LogP contribution >= 0.6 is 27.5 Å². The minimum Gasteiger partial charge on any atom is -0.384 e. The van der Waals surface area contributed by atoms with Crippen molar-refractivity contribution in [3.8, 4) is 6.07 Å². The number of nitrogen functional groups attached to an aromatic ring is 1. The first kappa shape index (κ1) is 14.3. The van der Waals surface area contributed by atoms with Gasteiger partial charge in [-0.15, -0.1) is 0 Å². The minimum absolute atomic E-state index is 0.0444. The van der Waals surface area contributed by atoms with Crippen molar-refractivity contribution >= 4 is 44.9 Å². The molecule has 0 aliphatic heterocycles. The molecule has 0 bridgehead atoms. The number of nitrogens with one attached hydrogen (secondary N) is 1. The Morgan fingerprint density at radius 1 is 1.40 bits per heavy atom. The van der Waals surface area contributed by atoms with Crippen molar-refractivity contribution in [2.75, 3.05) is 11.1 Å². The summed E-state index contributed by atoms with van der Waals surface area (Å²) in [5, 5.41) is 11.6. The molecular formula is C13H8BrClN4O. The summed E-state index contributed by atoms with van der Waals surface area (Å²) in [5.74, 6) is -0.272. The Hall–Kier alpha value is -2.10. The van der Waals surface area contributed by atoms with Crippen molar-refractivity contribution in [2.24, 2.45) is 0 Å². The number of anilines is 2. The second-order valence-electron chi connectivity index (χ2n) is 3.83. The van der Waals surface area contributed by atoms with E-state index in [-0.39, 0.29) is 16.5 Å². The zero-order chi connectivity index (χ0) is 14.7. The molecule has 1 aromatic heterocycles. The highest BCUT2D eigenvalue weighted by Crippen LogP contribution is 2.25. The average Bonchev–Trinajstić information content (AvgIpc) is 2.43. The van der Waals surface area contributed by atoms with E-state index in [1.807, 2.05) is 6.07 Å².